The molecule has 0 aromatic heterocycles. The predicted molar refractivity (Wildman–Crippen MR) is 86.2 cm³/mol. The fraction of sp³-hybridized carbons (Fsp3) is 0.556. The summed E-state index contributed by atoms with van der Waals surface area (Å²) in [5, 5.41) is 2.76. The number of likely N-dealkylation sites (tertiary alicyclic amines) is 1. The van der Waals surface area contributed by atoms with Crippen LogP contribution in [-0.2, 0) is 20.9 Å². The molecule has 3 aliphatic rings. The Morgan fingerprint density at radius 2 is 2.08 bits per heavy atom. The van der Waals surface area contributed by atoms with Crippen LogP contribution in [0.2, 0.25) is 0 Å². The van der Waals surface area contributed by atoms with Crippen molar-refractivity contribution in [2.75, 3.05) is 19.7 Å². The molecule has 0 bridgehead atoms. The third-order valence-corrected chi connectivity index (χ3v) is 5.46. The van der Waals surface area contributed by atoms with Gasteiger partial charge in [-0.15, -0.1) is 0 Å². The van der Waals surface area contributed by atoms with Crippen molar-refractivity contribution in [3.63, 3.8) is 0 Å². The Labute approximate surface area is 149 Å². The molecule has 26 heavy (non-hydrogen) atoms. The maximum Gasteiger partial charge on any atom is 0.407 e. The Balaban J connectivity index is 1.22. The number of cyclic esters (lactones) is 1. The number of rotatable bonds is 4. The van der Waals surface area contributed by atoms with Crippen molar-refractivity contribution in [2.24, 2.45) is 5.92 Å². The number of hydrogen-bond acceptors (Lipinski definition) is 4. The number of aryl methyl sites for hydroxylation is 1. The minimum atomic E-state index is -0.877. The lowest BCUT2D eigenvalue weighted by Crippen LogP contribution is -2.62. The highest BCUT2D eigenvalue weighted by Crippen LogP contribution is 2.42. The number of hydrogen-bond donors (Lipinski definition) is 1. The van der Waals surface area contributed by atoms with Crippen LogP contribution in [0.4, 0.5) is 13.6 Å². The number of amides is 2. The third-order valence-electron chi connectivity index (χ3n) is 5.46. The van der Waals surface area contributed by atoms with Crippen LogP contribution in [-0.4, -0.2) is 48.2 Å². The molecule has 2 aliphatic heterocycles. The smallest absolute Gasteiger partial charge is 0.407 e. The van der Waals surface area contributed by atoms with Gasteiger partial charge in [-0.1, -0.05) is 12.1 Å². The van der Waals surface area contributed by atoms with Gasteiger partial charge in [0.2, 0.25) is 5.91 Å². The normalized spacial score (nSPS) is 27.7. The lowest BCUT2D eigenvalue weighted by Gasteiger charge is -2.47. The lowest BCUT2D eigenvalue weighted by molar-refractivity contribution is -0.155. The highest BCUT2D eigenvalue weighted by atomic mass is 19.2. The molecule has 1 aromatic rings. The first-order valence-electron chi connectivity index (χ1n) is 8.66. The number of ether oxygens (including phenoxy) is 2. The molecule has 0 radical (unpaired) electrons. The molecule has 3 fully saturated rings. The molecule has 1 aromatic carbocycles. The molecule has 2 heterocycles. The SMILES string of the molecule is Cc1ccc(COC2CN(C(=O)[C@H]3C[C@]4(COC(=O)N4)C3)C2)c(F)c1F. The van der Waals surface area contributed by atoms with Crippen molar-refractivity contribution >= 4 is 12.0 Å². The molecular weight excluding hydrogens is 346 g/mol. The molecule has 1 aliphatic carbocycles. The predicted octanol–water partition coefficient (Wildman–Crippen LogP) is 1.89. The van der Waals surface area contributed by atoms with Crippen molar-refractivity contribution in [3.8, 4) is 0 Å². The second-order valence-electron chi connectivity index (χ2n) is 7.43. The van der Waals surface area contributed by atoms with Crippen molar-refractivity contribution in [2.45, 2.75) is 38.0 Å². The van der Waals surface area contributed by atoms with E-state index in [1.165, 1.54) is 19.1 Å². The first-order chi connectivity index (χ1) is 12.4. The molecule has 1 N–H and O–H groups in total. The summed E-state index contributed by atoms with van der Waals surface area (Å²) in [6.07, 6.45) is 0.584. The summed E-state index contributed by atoms with van der Waals surface area (Å²) in [5.74, 6) is -1.79. The first-order valence-corrected chi connectivity index (χ1v) is 8.66. The van der Waals surface area contributed by atoms with Crippen molar-refractivity contribution in [1.82, 2.24) is 10.2 Å². The maximum atomic E-state index is 13.8. The van der Waals surface area contributed by atoms with Crippen LogP contribution in [0, 0.1) is 24.5 Å². The lowest BCUT2D eigenvalue weighted by atomic mass is 9.68. The van der Waals surface area contributed by atoms with Crippen molar-refractivity contribution < 1.29 is 27.8 Å². The number of benzene rings is 1. The van der Waals surface area contributed by atoms with Gasteiger partial charge in [-0.3, -0.25) is 4.79 Å². The van der Waals surface area contributed by atoms with Crippen LogP contribution in [0.5, 0.6) is 0 Å². The van der Waals surface area contributed by atoms with Gasteiger partial charge in [0.15, 0.2) is 11.6 Å². The summed E-state index contributed by atoms with van der Waals surface area (Å²) in [6, 6.07) is 3.03. The van der Waals surface area contributed by atoms with E-state index in [9.17, 15) is 18.4 Å². The van der Waals surface area contributed by atoms with Gasteiger partial charge >= 0.3 is 6.09 Å². The summed E-state index contributed by atoms with van der Waals surface area (Å²) in [7, 11) is 0. The summed E-state index contributed by atoms with van der Waals surface area (Å²) in [4.78, 5) is 25.2. The zero-order chi connectivity index (χ0) is 18.5. The average molecular weight is 366 g/mol. The molecule has 6 nitrogen and oxygen atoms in total. The van der Waals surface area contributed by atoms with E-state index in [2.05, 4.69) is 5.32 Å². The summed E-state index contributed by atoms with van der Waals surface area (Å²) < 4.78 is 37.8. The summed E-state index contributed by atoms with van der Waals surface area (Å²) in [5.41, 5.74) is 0.0650. The first kappa shape index (κ1) is 17.2. The molecule has 4 rings (SSSR count). The Hall–Kier alpha value is -2.22. The van der Waals surface area contributed by atoms with E-state index in [1.807, 2.05) is 0 Å². The zero-order valence-electron chi connectivity index (χ0n) is 14.4. The second-order valence-corrected chi connectivity index (χ2v) is 7.43. The van der Waals surface area contributed by atoms with Gasteiger partial charge in [0.1, 0.15) is 6.61 Å². The number of alkyl carbamates (subject to hydrolysis) is 1. The number of nitrogens with zero attached hydrogens (tertiary/aromatic N) is 1. The molecule has 8 heteroatoms. The number of carbonyl (C=O) groups is 2. The molecule has 0 atom stereocenters. The van der Waals surface area contributed by atoms with Gasteiger partial charge in [0, 0.05) is 24.6 Å². The fourth-order valence-corrected chi connectivity index (χ4v) is 3.76. The van der Waals surface area contributed by atoms with Crippen LogP contribution in [0.25, 0.3) is 0 Å². The van der Waals surface area contributed by atoms with Gasteiger partial charge in [-0.05, 0) is 25.3 Å². The van der Waals surface area contributed by atoms with Crippen molar-refractivity contribution in [1.29, 1.82) is 0 Å². The Morgan fingerprint density at radius 1 is 1.35 bits per heavy atom. The zero-order valence-corrected chi connectivity index (χ0v) is 14.4. The summed E-state index contributed by atoms with van der Waals surface area (Å²) >= 11 is 0. The minimum absolute atomic E-state index is 0.0222. The standard InChI is InChI=1S/C18H20F2N2O4/c1-10-2-3-11(15(20)14(10)19)8-25-13-6-22(7-13)16(23)12-4-18(5-12)9-26-17(24)21-18/h2-3,12-13H,4-9H2,1H3,(H,21,24)/t12-,18+. The van der Waals surface area contributed by atoms with Crippen LogP contribution in [0.3, 0.4) is 0 Å². The monoisotopic (exact) mass is 366 g/mol. The molecule has 0 unspecified atom stereocenters. The van der Waals surface area contributed by atoms with Gasteiger partial charge in [-0.2, -0.15) is 0 Å². The highest BCUT2D eigenvalue weighted by Gasteiger charge is 2.54. The highest BCUT2D eigenvalue weighted by molar-refractivity contribution is 5.82. The van der Waals surface area contributed by atoms with E-state index in [0.29, 0.717) is 32.5 Å². The van der Waals surface area contributed by atoms with E-state index in [4.69, 9.17) is 9.47 Å². The second kappa shape index (κ2) is 6.19. The fourth-order valence-electron chi connectivity index (χ4n) is 3.76. The molecule has 1 spiro atoms. The molecule has 1 saturated carbocycles. The van der Waals surface area contributed by atoms with Crippen LogP contribution < -0.4 is 5.32 Å². The van der Waals surface area contributed by atoms with Crippen LogP contribution >= 0.6 is 0 Å². The molecule has 140 valence electrons. The topological polar surface area (TPSA) is 67.9 Å². The van der Waals surface area contributed by atoms with E-state index >= 15 is 0 Å². The van der Waals surface area contributed by atoms with Gasteiger partial charge in [0.05, 0.1) is 18.2 Å². The maximum absolute atomic E-state index is 13.8. The van der Waals surface area contributed by atoms with Gasteiger partial charge < -0.3 is 19.7 Å². The molecule has 2 amide bonds. The average Bonchev–Trinajstić information content (AvgIpc) is 2.93. The third kappa shape index (κ3) is 2.92. The molecular formula is C18H20F2N2O4. The Bertz CT molecular complexity index is 758. The number of nitrogens with one attached hydrogen (secondary N) is 1. The van der Waals surface area contributed by atoms with Gasteiger partial charge in [-0.25, -0.2) is 13.6 Å². The largest absolute Gasteiger partial charge is 0.447 e. The minimum Gasteiger partial charge on any atom is -0.447 e. The van der Waals surface area contributed by atoms with Crippen LogP contribution in [0.15, 0.2) is 12.1 Å². The Morgan fingerprint density at radius 3 is 2.73 bits per heavy atom. The Kier molecular flexibility index (Phi) is 4.10. The molecule has 2 saturated heterocycles. The van der Waals surface area contributed by atoms with Crippen molar-refractivity contribution in [3.05, 3.63) is 34.9 Å². The van der Waals surface area contributed by atoms with E-state index in [-0.39, 0.29) is 41.2 Å². The summed E-state index contributed by atoms with van der Waals surface area (Å²) in [6.45, 7) is 2.69. The van der Waals surface area contributed by atoms with Crippen LogP contribution in [0.1, 0.15) is 24.0 Å². The quantitative estimate of drug-likeness (QED) is 0.884. The van der Waals surface area contributed by atoms with Gasteiger partial charge in [0.25, 0.3) is 0 Å². The van der Waals surface area contributed by atoms with E-state index in [1.54, 1.807) is 4.90 Å². The number of carbonyl (C=O) groups excluding carboxylic acids is 2. The number of halogens is 2. The van der Waals surface area contributed by atoms with E-state index < -0.39 is 17.7 Å². The van der Waals surface area contributed by atoms with E-state index in [0.717, 1.165) is 0 Å².